The van der Waals surface area contributed by atoms with Crippen molar-refractivity contribution in [1.29, 1.82) is 0 Å². The fraction of sp³-hybridized carbons (Fsp3) is 0.133. The number of nitrogens with one attached hydrogen (secondary N) is 1. The first kappa shape index (κ1) is 14.9. The van der Waals surface area contributed by atoms with Crippen molar-refractivity contribution in [1.82, 2.24) is 4.72 Å². The van der Waals surface area contributed by atoms with Crippen molar-refractivity contribution in [2.45, 2.75) is 11.4 Å². The molecule has 3 nitrogen and oxygen atoms in total. The Labute approximate surface area is 127 Å². The van der Waals surface area contributed by atoms with Crippen molar-refractivity contribution in [3.05, 3.63) is 64.7 Å². The summed E-state index contributed by atoms with van der Waals surface area (Å²) in [6.07, 6.45) is 0. The van der Waals surface area contributed by atoms with E-state index in [0.29, 0.717) is 12.1 Å². The minimum absolute atomic E-state index is 0.332. The summed E-state index contributed by atoms with van der Waals surface area (Å²) < 4.78 is 7.98. The molecule has 0 amide bonds. The van der Waals surface area contributed by atoms with Crippen LogP contribution in [0.25, 0.3) is 0 Å². The van der Waals surface area contributed by atoms with E-state index in [4.69, 9.17) is 16.3 Å². The standard InChI is InChI=1S/C15H14ClNO2S/c1-19-15(18)13-4-2-3-5-14(13)20-17-10-11-6-8-12(16)9-7-11/h2-9,17H,10H2,1H3. The molecular formula is C15H14ClNO2S. The Morgan fingerprint density at radius 2 is 1.90 bits per heavy atom. The highest BCUT2D eigenvalue weighted by Gasteiger charge is 2.10. The van der Waals surface area contributed by atoms with Crippen molar-refractivity contribution in [3.63, 3.8) is 0 Å². The second-order valence-corrected chi connectivity index (χ2v) is 5.41. The molecule has 0 unspecified atom stereocenters. The van der Waals surface area contributed by atoms with Gasteiger partial charge in [-0.05, 0) is 41.8 Å². The van der Waals surface area contributed by atoms with Crippen LogP contribution < -0.4 is 4.72 Å². The molecule has 0 spiro atoms. The first-order valence-electron chi connectivity index (χ1n) is 6.02. The summed E-state index contributed by atoms with van der Waals surface area (Å²) >= 11 is 7.24. The van der Waals surface area contributed by atoms with Gasteiger partial charge in [-0.15, -0.1) is 0 Å². The van der Waals surface area contributed by atoms with Gasteiger partial charge in [-0.2, -0.15) is 0 Å². The fourth-order valence-electron chi connectivity index (χ4n) is 1.63. The van der Waals surface area contributed by atoms with Gasteiger partial charge in [0.25, 0.3) is 0 Å². The maximum atomic E-state index is 11.6. The summed E-state index contributed by atoms with van der Waals surface area (Å²) in [5, 5.41) is 0.720. The molecule has 2 aromatic carbocycles. The maximum Gasteiger partial charge on any atom is 0.339 e. The van der Waals surface area contributed by atoms with Crippen LogP contribution in [0, 0.1) is 0 Å². The maximum absolute atomic E-state index is 11.6. The Kier molecular flexibility index (Phi) is 5.47. The van der Waals surface area contributed by atoms with Crippen LogP contribution in [0.4, 0.5) is 0 Å². The van der Waals surface area contributed by atoms with E-state index in [0.717, 1.165) is 15.5 Å². The van der Waals surface area contributed by atoms with E-state index >= 15 is 0 Å². The quantitative estimate of drug-likeness (QED) is 0.671. The summed E-state index contributed by atoms with van der Waals surface area (Å²) in [7, 11) is 1.38. The smallest absolute Gasteiger partial charge is 0.339 e. The summed E-state index contributed by atoms with van der Waals surface area (Å²) in [4.78, 5) is 12.5. The van der Waals surface area contributed by atoms with Gasteiger partial charge in [-0.3, -0.25) is 4.72 Å². The van der Waals surface area contributed by atoms with Gasteiger partial charge in [0.2, 0.25) is 0 Å². The van der Waals surface area contributed by atoms with E-state index in [2.05, 4.69) is 4.72 Å². The lowest BCUT2D eigenvalue weighted by atomic mass is 10.2. The summed E-state index contributed by atoms with van der Waals surface area (Å²) in [6, 6.07) is 15.0. The zero-order valence-electron chi connectivity index (χ0n) is 10.9. The van der Waals surface area contributed by atoms with Crippen LogP contribution in [0.2, 0.25) is 5.02 Å². The van der Waals surface area contributed by atoms with Gasteiger partial charge >= 0.3 is 5.97 Å². The predicted octanol–water partition coefficient (Wildman–Crippen LogP) is 3.92. The molecule has 5 heteroatoms. The monoisotopic (exact) mass is 307 g/mol. The first-order valence-corrected chi connectivity index (χ1v) is 7.21. The van der Waals surface area contributed by atoms with Crippen molar-refractivity contribution in [3.8, 4) is 0 Å². The lowest BCUT2D eigenvalue weighted by molar-refractivity contribution is 0.0597. The molecule has 0 saturated heterocycles. The molecule has 0 saturated carbocycles. The second kappa shape index (κ2) is 7.33. The number of carbonyl (C=O) groups is 1. The number of carbonyl (C=O) groups excluding carboxylic acids is 1. The molecule has 0 radical (unpaired) electrons. The average Bonchev–Trinajstić information content (AvgIpc) is 2.49. The van der Waals surface area contributed by atoms with E-state index in [1.165, 1.54) is 19.1 Å². The summed E-state index contributed by atoms with van der Waals surface area (Å²) in [5.41, 5.74) is 1.68. The number of esters is 1. The Hall–Kier alpha value is -1.49. The molecule has 0 bridgehead atoms. The van der Waals surface area contributed by atoms with Crippen molar-refractivity contribution >= 4 is 29.5 Å². The third kappa shape index (κ3) is 4.00. The van der Waals surface area contributed by atoms with E-state index < -0.39 is 0 Å². The van der Waals surface area contributed by atoms with Gasteiger partial charge in [0.05, 0.1) is 12.7 Å². The molecule has 0 aliphatic carbocycles. The Balaban J connectivity index is 1.97. The highest BCUT2D eigenvalue weighted by molar-refractivity contribution is 7.97. The summed E-state index contributed by atoms with van der Waals surface area (Å²) in [5.74, 6) is -0.332. The lowest BCUT2D eigenvalue weighted by Crippen LogP contribution is -2.07. The Morgan fingerprint density at radius 1 is 1.20 bits per heavy atom. The third-order valence-electron chi connectivity index (χ3n) is 2.66. The number of hydrogen-bond donors (Lipinski definition) is 1. The molecular weight excluding hydrogens is 294 g/mol. The molecule has 0 heterocycles. The summed E-state index contributed by atoms with van der Waals surface area (Å²) in [6.45, 7) is 0.678. The number of ether oxygens (including phenoxy) is 1. The van der Waals surface area contributed by atoms with Gasteiger partial charge in [-0.1, -0.05) is 35.9 Å². The Morgan fingerprint density at radius 3 is 2.60 bits per heavy atom. The Bertz CT molecular complexity index is 587. The first-order chi connectivity index (χ1) is 9.70. The number of rotatable bonds is 5. The minimum atomic E-state index is -0.332. The number of hydrogen-bond acceptors (Lipinski definition) is 4. The van der Waals surface area contributed by atoms with Gasteiger partial charge in [-0.25, -0.2) is 4.79 Å². The van der Waals surface area contributed by atoms with Crippen LogP contribution in [-0.2, 0) is 11.3 Å². The van der Waals surface area contributed by atoms with Gasteiger partial charge in [0.1, 0.15) is 0 Å². The zero-order valence-corrected chi connectivity index (χ0v) is 12.5. The third-order valence-corrected chi connectivity index (χ3v) is 3.78. The molecule has 0 aliphatic heterocycles. The molecule has 2 rings (SSSR count). The van der Waals surface area contributed by atoms with Crippen molar-refractivity contribution in [2.75, 3.05) is 7.11 Å². The fourth-order valence-corrected chi connectivity index (χ4v) is 2.56. The van der Waals surface area contributed by atoms with Crippen LogP contribution in [0.5, 0.6) is 0 Å². The van der Waals surface area contributed by atoms with Gasteiger partial charge in [0, 0.05) is 16.5 Å². The van der Waals surface area contributed by atoms with Crippen LogP contribution >= 0.6 is 23.5 Å². The zero-order chi connectivity index (χ0) is 14.4. The SMILES string of the molecule is COC(=O)c1ccccc1SNCc1ccc(Cl)cc1. The minimum Gasteiger partial charge on any atom is -0.465 e. The molecule has 20 heavy (non-hydrogen) atoms. The largest absolute Gasteiger partial charge is 0.465 e. The van der Waals surface area contributed by atoms with Crippen molar-refractivity contribution < 1.29 is 9.53 Å². The van der Waals surface area contributed by atoms with Crippen LogP contribution in [0.3, 0.4) is 0 Å². The molecule has 0 fully saturated rings. The number of halogens is 1. The van der Waals surface area contributed by atoms with Crippen LogP contribution in [0.1, 0.15) is 15.9 Å². The topological polar surface area (TPSA) is 38.3 Å². The van der Waals surface area contributed by atoms with Gasteiger partial charge < -0.3 is 4.74 Å². The second-order valence-electron chi connectivity index (χ2n) is 4.04. The molecule has 2 aromatic rings. The number of methoxy groups -OCH3 is 1. The van der Waals surface area contributed by atoms with E-state index in [-0.39, 0.29) is 5.97 Å². The van der Waals surface area contributed by atoms with Gasteiger partial charge in [0.15, 0.2) is 0 Å². The highest BCUT2D eigenvalue weighted by Crippen LogP contribution is 2.21. The van der Waals surface area contributed by atoms with E-state index in [9.17, 15) is 4.79 Å². The van der Waals surface area contributed by atoms with Crippen molar-refractivity contribution in [2.24, 2.45) is 0 Å². The molecule has 1 N–H and O–H groups in total. The highest BCUT2D eigenvalue weighted by atomic mass is 35.5. The van der Waals surface area contributed by atoms with Crippen LogP contribution in [0.15, 0.2) is 53.4 Å². The predicted molar refractivity (Wildman–Crippen MR) is 81.9 cm³/mol. The lowest BCUT2D eigenvalue weighted by Gasteiger charge is -2.08. The molecule has 104 valence electrons. The molecule has 0 aromatic heterocycles. The normalized spacial score (nSPS) is 10.3. The van der Waals surface area contributed by atoms with E-state index in [1.807, 2.05) is 42.5 Å². The molecule has 0 atom stereocenters. The van der Waals surface area contributed by atoms with Crippen LogP contribution in [-0.4, -0.2) is 13.1 Å². The average molecular weight is 308 g/mol. The molecule has 0 aliphatic rings. The van der Waals surface area contributed by atoms with E-state index in [1.54, 1.807) is 6.07 Å². The number of benzene rings is 2.